The van der Waals surface area contributed by atoms with E-state index in [0.29, 0.717) is 6.61 Å². The highest BCUT2D eigenvalue weighted by Crippen LogP contribution is 2.17. The van der Waals surface area contributed by atoms with Gasteiger partial charge in [-0.1, -0.05) is 0 Å². The van der Waals surface area contributed by atoms with Gasteiger partial charge < -0.3 is 4.74 Å². The molecule has 0 unspecified atom stereocenters. The molecule has 4 nitrogen and oxygen atoms in total. The topological polar surface area (TPSA) is 38.8 Å². The molecule has 4 heteroatoms. The molecule has 1 aliphatic heterocycles. The first kappa shape index (κ1) is 10.1. The van der Waals surface area contributed by atoms with Crippen LogP contribution in [0.2, 0.25) is 0 Å². The molecule has 1 aliphatic rings. The van der Waals surface area contributed by atoms with Crippen LogP contribution in [0.1, 0.15) is 27.7 Å². The van der Waals surface area contributed by atoms with E-state index in [9.17, 15) is 4.79 Å². The van der Waals surface area contributed by atoms with Crippen LogP contribution in [0.3, 0.4) is 0 Å². The standard InChI is InChI=1S/C9H15NO3/c1-7-5-6-12-10(7)8(11)13-9(2,3)4/h5H,6H2,1-4H3. The maximum absolute atomic E-state index is 11.4. The van der Waals surface area contributed by atoms with Crippen LogP contribution < -0.4 is 0 Å². The van der Waals surface area contributed by atoms with E-state index in [0.717, 1.165) is 5.70 Å². The van der Waals surface area contributed by atoms with Crippen molar-refractivity contribution in [3.8, 4) is 0 Å². The van der Waals surface area contributed by atoms with Crippen LogP contribution in [0, 0.1) is 0 Å². The molecule has 0 aromatic rings. The number of allylic oxidation sites excluding steroid dienone is 1. The fourth-order valence-electron chi connectivity index (χ4n) is 0.917. The van der Waals surface area contributed by atoms with Crippen molar-refractivity contribution in [3.63, 3.8) is 0 Å². The zero-order valence-corrected chi connectivity index (χ0v) is 8.46. The van der Waals surface area contributed by atoms with Crippen LogP contribution >= 0.6 is 0 Å². The second kappa shape index (κ2) is 3.38. The van der Waals surface area contributed by atoms with Crippen molar-refractivity contribution >= 4 is 6.09 Å². The summed E-state index contributed by atoms with van der Waals surface area (Å²) < 4.78 is 5.11. The maximum Gasteiger partial charge on any atom is 0.439 e. The summed E-state index contributed by atoms with van der Waals surface area (Å²) in [5.41, 5.74) is 0.290. The summed E-state index contributed by atoms with van der Waals surface area (Å²) in [5.74, 6) is 0. The summed E-state index contributed by atoms with van der Waals surface area (Å²) in [6, 6.07) is 0. The predicted molar refractivity (Wildman–Crippen MR) is 47.8 cm³/mol. The van der Waals surface area contributed by atoms with Crippen LogP contribution in [0.15, 0.2) is 11.8 Å². The molecule has 0 radical (unpaired) electrons. The summed E-state index contributed by atoms with van der Waals surface area (Å²) in [5, 5.41) is 1.17. The second-order valence-electron chi connectivity index (χ2n) is 3.92. The summed E-state index contributed by atoms with van der Waals surface area (Å²) in [4.78, 5) is 16.4. The first-order chi connectivity index (χ1) is 5.90. The van der Waals surface area contributed by atoms with Crippen LogP contribution in [0.4, 0.5) is 4.79 Å². The number of carbonyl (C=O) groups is 1. The highest BCUT2D eigenvalue weighted by molar-refractivity contribution is 5.69. The molecule has 0 fully saturated rings. The fourth-order valence-corrected chi connectivity index (χ4v) is 0.917. The summed E-state index contributed by atoms with van der Waals surface area (Å²) in [6.45, 7) is 7.70. The quantitative estimate of drug-likeness (QED) is 0.580. The molecule has 1 amide bonds. The minimum atomic E-state index is -0.483. The fraction of sp³-hybridized carbons (Fsp3) is 0.667. The third kappa shape index (κ3) is 2.73. The largest absolute Gasteiger partial charge is 0.442 e. The van der Waals surface area contributed by atoms with Crippen LogP contribution in [0.5, 0.6) is 0 Å². The second-order valence-corrected chi connectivity index (χ2v) is 3.92. The Bertz CT molecular complexity index is 240. The first-order valence-electron chi connectivity index (χ1n) is 4.23. The van der Waals surface area contributed by atoms with Gasteiger partial charge in [0.1, 0.15) is 5.60 Å². The van der Waals surface area contributed by atoms with Crippen molar-refractivity contribution in [1.82, 2.24) is 5.06 Å². The zero-order valence-electron chi connectivity index (χ0n) is 8.46. The monoisotopic (exact) mass is 185 g/mol. The Kier molecular flexibility index (Phi) is 2.61. The number of hydroxylamine groups is 2. The molecule has 0 spiro atoms. The van der Waals surface area contributed by atoms with Gasteiger partial charge in [-0.2, -0.15) is 5.06 Å². The Labute approximate surface area is 78.1 Å². The number of hydrogen-bond acceptors (Lipinski definition) is 3. The van der Waals surface area contributed by atoms with Gasteiger partial charge in [0.05, 0.1) is 6.61 Å². The molecule has 0 saturated heterocycles. The number of carbonyl (C=O) groups excluding carboxylic acids is 1. The van der Waals surface area contributed by atoms with Gasteiger partial charge in [-0.15, -0.1) is 0 Å². The van der Waals surface area contributed by atoms with Gasteiger partial charge in [0.2, 0.25) is 0 Å². The van der Waals surface area contributed by atoms with Crippen molar-refractivity contribution in [3.05, 3.63) is 11.8 Å². The molecule has 0 aromatic heterocycles. The third-order valence-electron chi connectivity index (χ3n) is 1.46. The Morgan fingerprint density at radius 2 is 2.23 bits per heavy atom. The zero-order chi connectivity index (χ0) is 10.1. The van der Waals surface area contributed by atoms with Gasteiger partial charge in [-0.25, -0.2) is 4.79 Å². The van der Waals surface area contributed by atoms with Crippen molar-refractivity contribution in [1.29, 1.82) is 0 Å². The minimum Gasteiger partial charge on any atom is -0.442 e. The molecule has 1 heterocycles. The van der Waals surface area contributed by atoms with E-state index in [1.54, 1.807) is 6.92 Å². The molecule has 13 heavy (non-hydrogen) atoms. The first-order valence-corrected chi connectivity index (χ1v) is 4.23. The lowest BCUT2D eigenvalue weighted by atomic mass is 10.2. The van der Waals surface area contributed by atoms with E-state index < -0.39 is 11.7 Å². The molecule has 0 N–H and O–H groups in total. The van der Waals surface area contributed by atoms with E-state index in [1.807, 2.05) is 26.8 Å². The summed E-state index contributed by atoms with van der Waals surface area (Å²) in [7, 11) is 0. The normalized spacial score (nSPS) is 17.2. The number of amides is 1. The van der Waals surface area contributed by atoms with Crippen molar-refractivity contribution < 1.29 is 14.4 Å². The predicted octanol–water partition coefficient (Wildman–Crippen LogP) is 2.07. The molecular weight excluding hydrogens is 170 g/mol. The van der Waals surface area contributed by atoms with Gasteiger partial charge in [0.15, 0.2) is 0 Å². The molecular formula is C9H15NO3. The van der Waals surface area contributed by atoms with E-state index in [1.165, 1.54) is 5.06 Å². The summed E-state index contributed by atoms with van der Waals surface area (Å²) in [6.07, 6.45) is 1.36. The van der Waals surface area contributed by atoms with Crippen molar-refractivity contribution in [2.24, 2.45) is 0 Å². The average Bonchev–Trinajstić information content (AvgIpc) is 2.30. The van der Waals surface area contributed by atoms with Gasteiger partial charge in [0.25, 0.3) is 0 Å². The van der Waals surface area contributed by atoms with E-state index in [4.69, 9.17) is 9.57 Å². The molecule has 0 aliphatic carbocycles. The molecule has 74 valence electrons. The van der Waals surface area contributed by atoms with E-state index in [2.05, 4.69) is 0 Å². The Balaban J connectivity index is 2.54. The smallest absolute Gasteiger partial charge is 0.439 e. The Morgan fingerprint density at radius 3 is 2.62 bits per heavy atom. The highest BCUT2D eigenvalue weighted by Gasteiger charge is 2.26. The SMILES string of the molecule is CC1=CCON1C(=O)OC(C)(C)C. The van der Waals surface area contributed by atoms with Gasteiger partial charge in [0, 0.05) is 5.70 Å². The lowest BCUT2D eigenvalue weighted by Crippen LogP contribution is -2.33. The molecule has 0 bridgehead atoms. The number of nitrogens with zero attached hydrogens (tertiary/aromatic N) is 1. The maximum atomic E-state index is 11.4. The van der Waals surface area contributed by atoms with Crippen LogP contribution in [-0.2, 0) is 9.57 Å². The van der Waals surface area contributed by atoms with E-state index >= 15 is 0 Å². The van der Waals surface area contributed by atoms with Crippen LogP contribution in [-0.4, -0.2) is 23.4 Å². The molecule has 0 aromatic carbocycles. The minimum absolute atomic E-state index is 0.436. The summed E-state index contributed by atoms with van der Waals surface area (Å²) >= 11 is 0. The average molecular weight is 185 g/mol. The molecule has 0 saturated carbocycles. The van der Waals surface area contributed by atoms with Crippen molar-refractivity contribution in [2.75, 3.05) is 6.61 Å². The molecule has 0 atom stereocenters. The Morgan fingerprint density at radius 1 is 1.62 bits per heavy atom. The highest BCUT2D eigenvalue weighted by atomic mass is 16.7. The number of ether oxygens (including phenoxy) is 1. The van der Waals surface area contributed by atoms with Gasteiger partial charge in [-0.3, -0.25) is 4.84 Å². The van der Waals surface area contributed by atoms with Gasteiger partial charge in [-0.05, 0) is 33.8 Å². The Hall–Kier alpha value is -1.03. The lowest BCUT2D eigenvalue weighted by Gasteiger charge is -2.23. The molecule has 1 rings (SSSR count). The van der Waals surface area contributed by atoms with Crippen LogP contribution in [0.25, 0.3) is 0 Å². The number of rotatable bonds is 0. The number of hydrogen-bond donors (Lipinski definition) is 0. The third-order valence-corrected chi connectivity index (χ3v) is 1.46. The van der Waals surface area contributed by atoms with Crippen molar-refractivity contribution in [2.45, 2.75) is 33.3 Å². The van der Waals surface area contributed by atoms with Gasteiger partial charge >= 0.3 is 6.09 Å². The van der Waals surface area contributed by atoms with E-state index in [-0.39, 0.29) is 0 Å². The lowest BCUT2D eigenvalue weighted by molar-refractivity contribution is -0.0994.